The molecular weight excluding hydrogens is 296 g/mol. The van der Waals surface area contributed by atoms with Crippen LogP contribution in [0.1, 0.15) is 5.56 Å². The van der Waals surface area contributed by atoms with Crippen LogP contribution in [0.5, 0.6) is 5.75 Å². The Labute approximate surface area is 132 Å². The van der Waals surface area contributed by atoms with E-state index in [-0.39, 0.29) is 0 Å². The van der Waals surface area contributed by atoms with Gasteiger partial charge >= 0.3 is 0 Å². The lowest BCUT2D eigenvalue weighted by Crippen LogP contribution is -1.95. The lowest BCUT2D eigenvalue weighted by Gasteiger charge is -2.03. The van der Waals surface area contributed by atoms with Crippen LogP contribution in [0.15, 0.2) is 59.7 Å². The van der Waals surface area contributed by atoms with Crippen LogP contribution in [0, 0.1) is 4.77 Å². The van der Waals surface area contributed by atoms with Gasteiger partial charge in [-0.1, -0.05) is 42.5 Å². The van der Waals surface area contributed by atoms with Crippen LogP contribution in [0.25, 0.3) is 11.4 Å². The largest absolute Gasteiger partial charge is 0.497 e. The lowest BCUT2D eigenvalue weighted by molar-refractivity contribution is 0.415. The molecule has 0 saturated heterocycles. The van der Waals surface area contributed by atoms with Crippen molar-refractivity contribution in [3.8, 4) is 17.1 Å². The van der Waals surface area contributed by atoms with Crippen LogP contribution in [-0.4, -0.2) is 28.2 Å². The highest BCUT2D eigenvalue weighted by atomic mass is 32.1. The number of nitrogens with one attached hydrogen (secondary N) is 1. The fraction of sp³-hybridized carbons (Fsp3) is 0.0625. The highest BCUT2D eigenvalue weighted by Crippen LogP contribution is 2.22. The van der Waals surface area contributed by atoms with Crippen molar-refractivity contribution in [2.75, 3.05) is 7.11 Å². The summed E-state index contributed by atoms with van der Waals surface area (Å²) < 4.78 is 7.27. The predicted molar refractivity (Wildman–Crippen MR) is 88.8 cm³/mol. The van der Waals surface area contributed by atoms with E-state index in [1.807, 2.05) is 54.6 Å². The molecule has 0 unspecified atom stereocenters. The van der Waals surface area contributed by atoms with E-state index in [0.29, 0.717) is 10.6 Å². The number of methoxy groups -OCH3 is 1. The minimum Gasteiger partial charge on any atom is -0.497 e. The van der Waals surface area contributed by atoms with Crippen LogP contribution in [-0.2, 0) is 0 Å². The monoisotopic (exact) mass is 310 g/mol. The van der Waals surface area contributed by atoms with E-state index in [0.717, 1.165) is 16.9 Å². The molecule has 6 heteroatoms. The van der Waals surface area contributed by atoms with Crippen molar-refractivity contribution in [2.24, 2.45) is 5.10 Å². The van der Waals surface area contributed by atoms with Gasteiger partial charge in [-0.25, -0.2) is 5.10 Å². The van der Waals surface area contributed by atoms with Gasteiger partial charge in [-0.3, -0.25) is 0 Å². The van der Waals surface area contributed by atoms with Crippen molar-refractivity contribution < 1.29 is 4.74 Å². The molecule has 0 atom stereocenters. The fourth-order valence-electron chi connectivity index (χ4n) is 2.01. The molecule has 3 rings (SSSR count). The Morgan fingerprint density at radius 2 is 2.00 bits per heavy atom. The molecule has 0 amide bonds. The van der Waals surface area contributed by atoms with Crippen LogP contribution in [0.2, 0.25) is 0 Å². The number of benzene rings is 2. The zero-order valence-electron chi connectivity index (χ0n) is 11.9. The van der Waals surface area contributed by atoms with E-state index in [4.69, 9.17) is 17.0 Å². The maximum absolute atomic E-state index is 5.25. The molecule has 0 bridgehead atoms. The first-order valence-electron chi connectivity index (χ1n) is 6.69. The molecule has 22 heavy (non-hydrogen) atoms. The zero-order valence-corrected chi connectivity index (χ0v) is 12.7. The Hall–Kier alpha value is -2.73. The Morgan fingerprint density at radius 3 is 2.77 bits per heavy atom. The Kier molecular flexibility index (Phi) is 4.11. The minimum atomic E-state index is 0.435. The average Bonchev–Trinajstić information content (AvgIpc) is 2.95. The number of nitrogens with zero attached hydrogens (tertiary/aromatic N) is 3. The molecule has 0 radical (unpaired) electrons. The normalized spacial score (nSPS) is 11.0. The molecule has 0 saturated carbocycles. The SMILES string of the molecule is COc1cccc(-c2n[nH]c(=S)n2/N=C\c2ccccc2)c1. The van der Waals surface area contributed by atoms with Gasteiger partial charge in [0.05, 0.1) is 13.3 Å². The van der Waals surface area contributed by atoms with Gasteiger partial charge in [0.25, 0.3) is 0 Å². The molecule has 0 spiro atoms. The van der Waals surface area contributed by atoms with Crippen LogP contribution in [0.4, 0.5) is 0 Å². The molecule has 0 aliphatic rings. The molecule has 110 valence electrons. The minimum absolute atomic E-state index is 0.435. The van der Waals surface area contributed by atoms with Crippen LogP contribution in [0.3, 0.4) is 0 Å². The van der Waals surface area contributed by atoms with Gasteiger partial charge in [-0.2, -0.15) is 14.9 Å². The summed E-state index contributed by atoms with van der Waals surface area (Å²) in [6, 6.07) is 17.4. The average molecular weight is 310 g/mol. The van der Waals surface area contributed by atoms with Crippen molar-refractivity contribution in [2.45, 2.75) is 0 Å². The van der Waals surface area contributed by atoms with Crippen molar-refractivity contribution in [3.63, 3.8) is 0 Å². The number of H-pyrrole nitrogens is 1. The van der Waals surface area contributed by atoms with E-state index in [2.05, 4.69) is 15.3 Å². The number of hydrogen-bond acceptors (Lipinski definition) is 4. The van der Waals surface area contributed by atoms with E-state index >= 15 is 0 Å². The molecule has 0 fully saturated rings. The van der Waals surface area contributed by atoms with E-state index in [1.165, 1.54) is 0 Å². The topological polar surface area (TPSA) is 55.2 Å². The molecule has 3 aromatic rings. The van der Waals surface area contributed by atoms with Crippen molar-refractivity contribution >= 4 is 18.4 Å². The molecule has 2 aromatic carbocycles. The van der Waals surface area contributed by atoms with Crippen molar-refractivity contribution in [1.29, 1.82) is 0 Å². The third-order valence-electron chi connectivity index (χ3n) is 3.10. The quantitative estimate of drug-likeness (QED) is 0.593. The fourth-order valence-corrected chi connectivity index (χ4v) is 2.19. The summed E-state index contributed by atoms with van der Waals surface area (Å²) in [7, 11) is 1.63. The summed E-state index contributed by atoms with van der Waals surface area (Å²) in [5.41, 5.74) is 1.86. The number of aromatic amines is 1. The molecule has 1 N–H and O–H groups in total. The van der Waals surface area contributed by atoms with E-state index in [1.54, 1.807) is 18.0 Å². The highest BCUT2D eigenvalue weighted by molar-refractivity contribution is 7.71. The lowest BCUT2D eigenvalue weighted by atomic mass is 10.2. The molecule has 0 aliphatic carbocycles. The second-order valence-corrected chi connectivity index (χ2v) is 4.94. The van der Waals surface area contributed by atoms with Gasteiger partial charge < -0.3 is 4.74 Å². The maximum atomic E-state index is 5.25. The van der Waals surface area contributed by atoms with Crippen LogP contribution >= 0.6 is 12.2 Å². The maximum Gasteiger partial charge on any atom is 0.216 e. The summed E-state index contributed by atoms with van der Waals surface area (Å²) in [5.74, 6) is 1.39. The Morgan fingerprint density at radius 1 is 1.18 bits per heavy atom. The van der Waals surface area contributed by atoms with Gasteiger partial charge in [0, 0.05) is 5.56 Å². The van der Waals surface area contributed by atoms with Gasteiger partial charge in [-0.05, 0) is 29.9 Å². The summed E-state index contributed by atoms with van der Waals surface area (Å²) in [6.45, 7) is 0. The smallest absolute Gasteiger partial charge is 0.216 e. The first-order chi connectivity index (χ1) is 10.8. The second-order valence-electron chi connectivity index (χ2n) is 4.55. The second kappa shape index (κ2) is 6.36. The summed E-state index contributed by atoms with van der Waals surface area (Å²) in [4.78, 5) is 0. The van der Waals surface area contributed by atoms with Crippen molar-refractivity contribution in [3.05, 3.63) is 64.9 Å². The first kappa shape index (κ1) is 14.2. The first-order valence-corrected chi connectivity index (χ1v) is 7.10. The zero-order chi connectivity index (χ0) is 15.4. The molecule has 0 aliphatic heterocycles. The number of rotatable bonds is 4. The molecule has 5 nitrogen and oxygen atoms in total. The number of aromatic nitrogens is 3. The molecular formula is C16H14N4OS. The summed E-state index contributed by atoms with van der Waals surface area (Å²) >= 11 is 5.25. The standard InChI is InChI=1S/C16H14N4OS/c1-21-14-9-5-8-13(10-14)15-18-19-16(22)20(15)17-11-12-6-3-2-4-7-12/h2-11H,1H3,(H,19,22)/b17-11-. The summed E-state index contributed by atoms with van der Waals surface area (Å²) in [6.07, 6.45) is 1.75. The predicted octanol–water partition coefficient (Wildman–Crippen LogP) is 3.50. The van der Waals surface area contributed by atoms with E-state index in [9.17, 15) is 0 Å². The Bertz CT molecular complexity index is 852. The van der Waals surface area contributed by atoms with Gasteiger partial charge in [0.15, 0.2) is 5.82 Å². The number of ether oxygens (including phenoxy) is 1. The number of hydrogen-bond donors (Lipinski definition) is 1. The third kappa shape index (κ3) is 2.96. The van der Waals surface area contributed by atoms with Gasteiger partial charge in [-0.15, -0.1) is 0 Å². The van der Waals surface area contributed by atoms with Crippen LogP contribution < -0.4 is 4.74 Å². The third-order valence-corrected chi connectivity index (χ3v) is 3.36. The summed E-state index contributed by atoms with van der Waals surface area (Å²) in [5, 5.41) is 11.4. The molecule has 1 aromatic heterocycles. The van der Waals surface area contributed by atoms with Crippen molar-refractivity contribution in [1.82, 2.24) is 14.9 Å². The van der Waals surface area contributed by atoms with Gasteiger partial charge in [0.2, 0.25) is 4.77 Å². The van der Waals surface area contributed by atoms with E-state index < -0.39 is 0 Å². The van der Waals surface area contributed by atoms with Gasteiger partial charge in [0.1, 0.15) is 5.75 Å². The molecule has 1 heterocycles. The highest BCUT2D eigenvalue weighted by Gasteiger charge is 2.08. The Balaban J connectivity index is 2.01.